The van der Waals surface area contributed by atoms with Crippen LogP contribution in [0.25, 0.3) is 0 Å². The topological polar surface area (TPSA) is 90.1 Å². The molecule has 6 nitrogen and oxygen atoms in total. The van der Waals surface area contributed by atoms with Gasteiger partial charge in [0.25, 0.3) is 0 Å². The zero-order valence-corrected chi connectivity index (χ0v) is 13.4. The number of carbonyl (C=O) groups excluding carboxylic acids is 1. The number of hydrazine groups is 1. The van der Waals surface area contributed by atoms with E-state index >= 15 is 0 Å². The Kier molecular flexibility index (Phi) is 5.76. The van der Waals surface area contributed by atoms with Crippen molar-refractivity contribution in [3.05, 3.63) is 11.9 Å². The third-order valence-corrected chi connectivity index (χ3v) is 3.03. The average molecular weight is 298 g/mol. The first-order valence-electron chi connectivity index (χ1n) is 6.41. The van der Waals surface area contributed by atoms with Crippen molar-refractivity contribution in [3.8, 4) is 0 Å². The maximum atomic E-state index is 11.7. The quantitative estimate of drug-likeness (QED) is 0.283. The Morgan fingerprint density at radius 3 is 2.60 bits per heavy atom. The minimum absolute atomic E-state index is 0.184. The van der Waals surface area contributed by atoms with E-state index in [-0.39, 0.29) is 17.6 Å². The van der Waals surface area contributed by atoms with Crippen molar-refractivity contribution in [3.63, 3.8) is 0 Å². The second kappa shape index (κ2) is 6.90. The number of aromatic nitrogens is 2. The Morgan fingerprint density at radius 1 is 1.45 bits per heavy atom. The summed E-state index contributed by atoms with van der Waals surface area (Å²) in [5, 5.41) is 0.697. The lowest BCUT2D eigenvalue weighted by atomic mass is 10.2. The molecule has 1 aromatic rings. The van der Waals surface area contributed by atoms with Crippen molar-refractivity contribution in [1.29, 1.82) is 0 Å². The number of esters is 1. The van der Waals surface area contributed by atoms with Crippen molar-refractivity contribution in [2.75, 3.05) is 11.2 Å². The number of ether oxygens (including phenoxy) is 1. The molecule has 0 amide bonds. The van der Waals surface area contributed by atoms with E-state index < -0.39 is 5.60 Å². The van der Waals surface area contributed by atoms with Crippen molar-refractivity contribution >= 4 is 23.5 Å². The Bertz CT molecular complexity index is 472. The van der Waals surface area contributed by atoms with E-state index in [9.17, 15) is 4.79 Å². The van der Waals surface area contributed by atoms with E-state index in [1.54, 1.807) is 6.07 Å². The summed E-state index contributed by atoms with van der Waals surface area (Å²) in [6, 6.07) is 1.71. The number of nitrogens with two attached hydrogens (primary N) is 1. The van der Waals surface area contributed by atoms with E-state index in [0.29, 0.717) is 16.7 Å². The smallest absolute Gasteiger partial charge is 0.316 e. The Morgan fingerprint density at radius 2 is 2.10 bits per heavy atom. The molecule has 1 heterocycles. The first-order chi connectivity index (χ1) is 9.21. The highest BCUT2D eigenvalue weighted by Crippen LogP contribution is 2.22. The van der Waals surface area contributed by atoms with Gasteiger partial charge in [0.15, 0.2) is 0 Å². The molecule has 0 spiro atoms. The van der Waals surface area contributed by atoms with E-state index in [0.717, 1.165) is 0 Å². The Hall–Kier alpha value is -1.34. The monoisotopic (exact) mass is 298 g/mol. The van der Waals surface area contributed by atoms with E-state index in [1.165, 1.54) is 11.8 Å². The molecule has 0 aromatic carbocycles. The van der Waals surface area contributed by atoms with Crippen LogP contribution in [0.1, 0.15) is 46.4 Å². The largest absolute Gasteiger partial charge is 0.459 e. The zero-order chi connectivity index (χ0) is 15.3. The van der Waals surface area contributed by atoms with Crippen molar-refractivity contribution < 1.29 is 9.53 Å². The fourth-order valence-corrected chi connectivity index (χ4v) is 2.03. The summed E-state index contributed by atoms with van der Waals surface area (Å²) in [6.45, 7) is 9.52. The molecule has 20 heavy (non-hydrogen) atoms. The van der Waals surface area contributed by atoms with Crippen LogP contribution in [0.4, 0.5) is 5.82 Å². The van der Waals surface area contributed by atoms with Crippen LogP contribution in [0.2, 0.25) is 0 Å². The minimum Gasteiger partial charge on any atom is -0.459 e. The van der Waals surface area contributed by atoms with Crippen molar-refractivity contribution in [1.82, 2.24) is 9.97 Å². The predicted molar refractivity (Wildman–Crippen MR) is 80.5 cm³/mol. The van der Waals surface area contributed by atoms with E-state index in [4.69, 9.17) is 10.6 Å². The van der Waals surface area contributed by atoms with Crippen molar-refractivity contribution in [2.24, 2.45) is 5.84 Å². The van der Waals surface area contributed by atoms with Crippen LogP contribution < -0.4 is 11.3 Å². The molecular weight excluding hydrogens is 276 g/mol. The van der Waals surface area contributed by atoms with Gasteiger partial charge in [0.1, 0.15) is 22.3 Å². The van der Waals surface area contributed by atoms with Crippen LogP contribution >= 0.6 is 11.8 Å². The molecule has 0 radical (unpaired) electrons. The Labute approximate surface area is 123 Å². The summed E-state index contributed by atoms with van der Waals surface area (Å²) in [4.78, 5) is 20.3. The van der Waals surface area contributed by atoms with Crippen molar-refractivity contribution in [2.45, 2.75) is 51.2 Å². The van der Waals surface area contributed by atoms with Crippen LogP contribution in [0.15, 0.2) is 11.1 Å². The number of hydrogen-bond donors (Lipinski definition) is 2. The molecule has 0 unspecified atom stereocenters. The van der Waals surface area contributed by atoms with Gasteiger partial charge in [-0.1, -0.05) is 25.6 Å². The van der Waals surface area contributed by atoms with Gasteiger partial charge in [0.05, 0.1) is 5.75 Å². The summed E-state index contributed by atoms with van der Waals surface area (Å²) in [5.74, 6) is 6.73. The molecule has 0 saturated carbocycles. The lowest BCUT2D eigenvalue weighted by Gasteiger charge is -2.19. The number of nitrogen functional groups attached to an aromatic ring is 1. The Balaban J connectivity index is 2.72. The third kappa shape index (κ3) is 5.75. The molecule has 0 aliphatic rings. The predicted octanol–water partition coefficient (Wildman–Crippen LogP) is 2.32. The van der Waals surface area contributed by atoms with Gasteiger partial charge in [-0.3, -0.25) is 4.79 Å². The maximum Gasteiger partial charge on any atom is 0.316 e. The number of nitrogens with zero attached hydrogens (tertiary/aromatic N) is 2. The van der Waals surface area contributed by atoms with Gasteiger partial charge in [-0.15, -0.1) is 0 Å². The van der Waals surface area contributed by atoms with Gasteiger partial charge < -0.3 is 10.2 Å². The number of rotatable bonds is 5. The van der Waals surface area contributed by atoms with Crippen LogP contribution in [0, 0.1) is 0 Å². The maximum absolute atomic E-state index is 11.7. The molecule has 0 atom stereocenters. The third-order valence-electron chi connectivity index (χ3n) is 2.14. The summed E-state index contributed by atoms with van der Waals surface area (Å²) < 4.78 is 5.25. The van der Waals surface area contributed by atoms with Gasteiger partial charge >= 0.3 is 5.97 Å². The summed E-state index contributed by atoms with van der Waals surface area (Å²) in [5.41, 5.74) is 2.03. The minimum atomic E-state index is -0.476. The highest BCUT2D eigenvalue weighted by atomic mass is 32.2. The lowest BCUT2D eigenvalue weighted by molar-refractivity contribution is -0.151. The van der Waals surface area contributed by atoms with Crippen LogP contribution in [0.3, 0.4) is 0 Å². The zero-order valence-electron chi connectivity index (χ0n) is 12.6. The van der Waals surface area contributed by atoms with Gasteiger partial charge in [-0.05, 0) is 20.8 Å². The van der Waals surface area contributed by atoms with Gasteiger partial charge in [0.2, 0.25) is 0 Å². The first kappa shape index (κ1) is 16.7. The lowest BCUT2D eigenvalue weighted by Crippen LogP contribution is -2.25. The van der Waals surface area contributed by atoms with Crippen LogP contribution in [-0.4, -0.2) is 27.3 Å². The molecular formula is C13H22N4O2S. The van der Waals surface area contributed by atoms with E-state index in [2.05, 4.69) is 15.4 Å². The molecule has 0 saturated heterocycles. The molecule has 1 aromatic heterocycles. The van der Waals surface area contributed by atoms with Crippen LogP contribution in [0.5, 0.6) is 0 Å². The van der Waals surface area contributed by atoms with Crippen LogP contribution in [-0.2, 0) is 9.53 Å². The molecule has 0 aliphatic carbocycles. The second-order valence-corrected chi connectivity index (χ2v) is 6.62. The highest BCUT2D eigenvalue weighted by Gasteiger charge is 2.17. The normalized spacial score (nSPS) is 11.6. The standard InChI is InChI=1S/C13H22N4O2S/c1-8(2)12-15-9(17-14)6-10(16-12)20-7-11(18)19-13(3,4)5/h6,8H,7,14H2,1-5H3,(H,15,16,17). The number of nitrogens with one attached hydrogen (secondary N) is 1. The molecule has 0 fully saturated rings. The molecule has 3 N–H and O–H groups in total. The second-order valence-electron chi connectivity index (χ2n) is 5.62. The summed E-state index contributed by atoms with van der Waals surface area (Å²) >= 11 is 1.31. The van der Waals surface area contributed by atoms with Gasteiger partial charge in [0, 0.05) is 12.0 Å². The first-order valence-corrected chi connectivity index (χ1v) is 7.40. The van der Waals surface area contributed by atoms with E-state index in [1.807, 2.05) is 34.6 Å². The highest BCUT2D eigenvalue weighted by molar-refractivity contribution is 7.99. The molecule has 0 aliphatic heterocycles. The SMILES string of the molecule is CC(C)c1nc(NN)cc(SCC(=O)OC(C)(C)C)n1. The molecule has 112 valence electrons. The fraction of sp³-hybridized carbons (Fsp3) is 0.615. The number of thioether (sulfide) groups is 1. The molecule has 0 bridgehead atoms. The molecule has 7 heteroatoms. The number of hydrogen-bond acceptors (Lipinski definition) is 7. The average Bonchev–Trinajstić information content (AvgIpc) is 2.33. The van der Waals surface area contributed by atoms with Gasteiger partial charge in [-0.25, -0.2) is 15.8 Å². The molecule has 1 rings (SSSR count). The summed E-state index contributed by atoms with van der Waals surface area (Å²) in [7, 11) is 0. The fourth-order valence-electron chi connectivity index (χ4n) is 1.35. The number of carbonyl (C=O) groups is 1. The number of anilines is 1. The van der Waals surface area contributed by atoms with Gasteiger partial charge in [-0.2, -0.15) is 0 Å². The summed E-state index contributed by atoms with van der Waals surface area (Å²) in [6.07, 6.45) is 0.